The number of carbonyl (C=O) groups is 1. The SMILES string of the molecule is CCc1csc(CNC(=O)c2ccc(N3CC(n4cccn4)C3)nc2)n1. The van der Waals surface area contributed by atoms with Gasteiger partial charge in [-0.3, -0.25) is 9.48 Å². The Labute approximate surface area is 155 Å². The van der Waals surface area contributed by atoms with Gasteiger partial charge in [0, 0.05) is 37.1 Å². The van der Waals surface area contributed by atoms with Crippen molar-refractivity contribution in [2.24, 2.45) is 0 Å². The Morgan fingerprint density at radius 1 is 1.38 bits per heavy atom. The van der Waals surface area contributed by atoms with E-state index >= 15 is 0 Å². The molecule has 0 bridgehead atoms. The maximum absolute atomic E-state index is 12.3. The first-order chi connectivity index (χ1) is 12.7. The minimum absolute atomic E-state index is 0.129. The average molecular weight is 368 g/mol. The summed E-state index contributed by atoms with van der Waals surface area (Å²) in [4.78, 5) is 23.3. The second kappa shape index (κ2) is 7.25. The summed E-state index contributed by atoms with van der Waals surface area (Å²) in [5.74, 6) is 0.757. The van der Waals surface area contributed by atoms with E-state index in [1.165, 1.54) is 0 Å². The van der Waals surface area contributed by atoms with Crippen LogP contribution < -0.4 is 10.2 Å². The molecule has 134 valence electrons. The molecule has 1 aliphatic heterocycles. The molecular weight excluding hydrogens is 348 g/mol. The van der Waals surface area contributed by atoms with Crippen molar-refractivity contribution < 1.29 is 4.79 Å². The maximum atomic E-state index is 12.3. The van der Waals surface area contributed by atoms with E-state index in [-0.39, 0.29) is 5.91 Å². The van der Waals surface area contributed by atoms with Gasteiger partial charge in [0.15, 0.2) is 0 Å². The number of thiazole rings is 1. The summed E-state index contributed by atoms with van der Waals surface area (Å²) in [6.45, 7) is 4.27. The minimum atomic E-state index is -0.129. The molecule has 1 fully saturated rings. The largest absolute Gasteiger partial charge is 0.352 e. The molecule has 7 nitrogen and oxygen atoms in total. The van der Waals surface area contributed by atoms with Crippen molar-refractivity contribution in [3.05, 3.63) is 58.4 Å². The van der Waals surface area contributed by atoms with Crippen molar-refractivity contribution in [1.82, 2.24) is 25.1 Å². The lowest BCUT2D eigenvalue weighted by Crippen LogP contribution is -2.48. The number of nitrogens with one attached hydrogen (secondary N) is 1. The molecule has 1 saturated heterocycles. The molecule has 0 saturated carbocycles. The van der Waals surface area contributed by atoms with Crippen LogP contribution in [0.2, 0.25) is 0 Å². The summed E-state index contributed by atoms with van der Waals surface area (Å²) < 4.78 is 1.97. The Morgan fingerprint density at radius 3 is 2.92 bits per heavy atom. The Balaban J connectivity index is 1.30. The fourth-order valence-electron chi connectivity index (χ4n) is 2.86. The van der Waals surface area contributed by atoms with Gasteiger partial charge in [0.1, 0.15) is 10.8 Å². The third-order valence-corrected chi connectivity index (χ3v) is 5.35. The van der Waals surface area contributed by atoms with Gasteiger partial charge in [-0.05, 0) is 24.6 Å². The van der Waals surface area contributed by atoms with Crippen molar-refractivity contribution in [3.8, 4) is 0 Å². The average Bonchev–Trinajstić information content (AvgIpc) is 3.31. The summed E-state index contributed by atoms with van der Waals surface area (Å²) in [5, 5.41) is 10.1. The van der Waals surface area contributed by atoms with Gasteiger partial charge in [-0.25, -0.2) is 9.97 Å². The molecule has 0 spiro atoms. The Morgan fingerprint density at radius 2 is 2.27 bits per heavy atom. The van der Waals surface area contributed by atoms with Gasteiger partial charge < -0.3 is 10.2 Å². The highest BCUT2D eigenvalue weighted by atomic mass is 32.1. The molecule has 3 aromatic heterocycles. The fraction of sp³-hybridized carbons (Fsp3) is 0.333. The number of anilines is 1. The van der Waals surface area contributed by atoms with Crippen LogP contribution in [0, 0.1) is 0 Å². The van der Waals surface area contributed by atoms with Crippen LogP contribution in [0.5, 0.6) is 0 Å². The van der Waals surface area contributed by atoms with Gasteiger partial charge in [-0.1, -0.05) is 6.92 Å². The zero-order valence-electron chi connectivity index (χ0n) is 14.5. The number of aryl methyl sites for hydroxylation is 1. The third kappa shape index (κ3) is 3.45. The van der Waals surface area contributed by atoms with Crippen LogP contribution in [-0.2, 0) is 13.0 Å². The first kappa shape index (κ1) is 16.7. The van der Waals surface area contributed by atoms with Crippen molar-refractivity contribution >= 4 is 23.1 Å². The summed E-state index contributed by atoms with van der Waals surface area (Å²) in [7, 11) is 0. The Kier molecular flexibility index (Phi) is 4.66. The number of hydrogen-bond donors (Lipinski definition) is 1. The molecular formula is C18H20N6OS. The number of carbonyl (C=O) groups excluding carboxylic acids is 1. The summed E-state index contributed by atoms with van der Waals surface area (Å²) in [5.41, 5.74) is 1.62. The predicted molar refractivity (Wildman–Crippen MR) is 100 cm³/mol. The fourth-order valence-corrected chi connectivity index (χ4v) is 3.68. The van der Waals surface area contributed by atoms with Gasteiger partial charge in [0.25, 0.3) is 5.91 Å². The molecule has 1 N–H and O–H groups in total. The molecule has 3 aromatic rings. The Bertz CT molecular complexity index is 867. The van der Waals surface area contributed by atoms with Crippen LogP contribution in [0.15, 0.2) is 42.2 Å². The minimum Gasteiger partial charge on any atom is -0.352 e. The monoisotopic (exact) mass is 368 g/mol. The van der Waals surface area contributed by atoms with Crippen molar-refractivity contribution in [3.63, 3.8) is 0 Å². The van der Waals surface area contributed by atoms with Gasteiger partial charge in [-0.2, -0.15) is 5.10 Å². The number of rotatable bonds is 6. The van der Waals surface area contributed by atoms with E-state index in [1.54, 1.807) is 23.7 Å². The van der Waals surface area contributed by atoms with E-state index in [4.69, 9.17) is 0 Å². The third-order valence-electron chi connectivity index (χ3n) is 4.46. The lowest BCUT2D eigenvalue weighted by Gasteiger charge is -2.40. The summed E-state index contributed by atoms with van der Waals surface area (Å²) in [6, 6.07) is 6.04. The lowest BCUT2D eigenvalue weighted by molar-refractivity contribution is 0.0950. The van der Waals surface area contributed by atoms with Crippen molar-refractivity contribution in [1.29, 1.82) is 0 Å². The molecule has 0 aliphatic carbocycles. The molecule has 1 aliphatic rings. The first-order valence-electron chi connectivity index (χ1n) is 8.64. The quantitative estimate of drug-likeness (QED) is 0.722. The van der Waals surface area contributed by atoms with E-state index in [9.17, 15) is 4.79 Å². The van der Waals surface area contributed by atoms with E-state index in [1.807, 2.05) is 34.5 Å². The topological polar surface area (TPSA) is 75.9 Å². The van der Waals surface area contributed by atoms with Gasteiger partial charge in [0.05, 0.1) is 23.8 Å². The number of nitrogens with zero attached hydrogens (tertiary/aromatic N) is 5. The molecule has 0 aromatic carbocycles. The normalized spacial score (nSPS) is 14.3. The van der Waals surface area contributed by atoms with Crippen LogP contribution in [0.4, 0.5) is 5.82 Å². The number of aromatic nitrogens is 4. The van der Waals surface area contributed by atoms with E-state index in [0.717, 1.165) is 36.0 Å². The van der Waals surface area contributed by atoms with Gasteiger partial charge in [0.2, 0.25) is 0 Å². The number of pyridine rings is 1. The maximum Gasteiger partial charge on any atom is 0.253 e. The van der Waals surface area contributed by atoms with E-state index in [0.29, 0.717) is 18.2 Å². The zero-order valence-corrected chi connectivity index (χ0v) is 15.3. The van der Waals surface area contributed by atoms with Crippen LogP contribution in [-0.4, -0.2) is 38.7 Å². The molecule has 0 atom stereocenters. The number of amides is 1. The van der Waals surface area contributed by atoms with E-state index < -0.39 is 0 Å². The zero-order chi connectivity index (χ0) is 17.9. The first-order valence-corrected chi connectivity index (χ1v) is 9.52. The van der Waals surface area contributed by atoms with E-state index in [2.05, 4.69) is 32.2 Å². The molecule has 8 heteroatoms. The predicted octanol–water partition coefficient (Wildman–Crippen LogP) is 2.29. The molecule has 0 unspecified atom stereocenters. The van der Waals surface area contributed by atoms with Gasteiger partial charge >= 0.3 is 0 Å². The van der Waals surface area contributed by atoms with Crippen molar-refractivity contribution in [2.45, 2.75) is 25.9 Å². The summed E-state index contributed by atoms with van der Waals surface area (Å²) >= 11 is 1.57. The second-order valence-corrected chi connectivity index (χ2v) is 7.16. The second-order valence-electron chi connectivity index (χ2n) is 6.22. The van der Waals surface area contributed by atoms with Crippen molar-refractivity contribution in [2.75, 3.05) is 18.0 Å². The highest BCUT2D eigenvalue weighted by molar-refractivity contribution is 7.09. The van der Waals surface area contributed by atoms with Crippen LogP contribution in [0.1, 0.15) is 34.0 Å². The highest BCUT2D eigenvalue weighted by Crippen LogP contribution is 2.25. The van der Waals surface area contributed by atoms with Crippen LogP contribution in [0.25, 0.3) is 0 Å². The molecule has 0 radical (unpaired) electrons. The lowest BCUT2D eigenvalue weighted by atomic mass is 10.1. The molecule has 1 amide bonds. The molecule has 26 heavy (non-hydrogen) atoms. The van der Waals surface area contributed by atoms with Crippen LogP contribution in [0.3, 0.4) is 0 Å². The number of hydrogen-bond acceptors (Lipinski definition) is 6. The summed E-state index contributed by atoms with van der Waals surface area (Å²) in [6.07, 6.45) is 6.32. The highest BCUT2D eigenvalue weighted by Gasteiger charge is 2.29. The molecule has 4 rings (SSSR count). The smallest absolute Gasteiger partial charge is 0.253 e. The Hall–Kier alpha value is -2.74. The standard InChI is InChI=1S/C18H20N6OS/c1-2-14-12-26-17(22-14)9-20-18(25)13-4-5-16(19-8-13)23-10-15(11-23)24-7-3-6-21-24/h3-8,12,15H,2,9-11H2,1H3,(H,20,25). The molecule has 4 heterocycles. The van der Waals surface area contributed by atoms with Crippen LogP contribution >= 0.6 is 11.3 Å². The van der Waals surface area contributed by atoms with Gasteiger partial charge in [-0.15, -0.1) is 11.3 Å².